The minimum atomic E-state index is 0. The number of aromatic nitrogens is 2. The Morgan fingerprint density at radius 2 is 1.89 bits per heavy atom. The molecular formula is C20H29IN6O. The van der Waals surface area contributed by atoms with Crippen LogP contribution in [0.3, 0.4) is 0 Å². The second kappa shape index (κ2) is 11.7. The van der Waals surface area contributed by atoms with E-state index in [0.717, 1.165) is 63.4 Å². The van der Waals surface area contributed by atoms with Crippen LogP contribution in [0.25, 0.3) is 0 Å². The summed E-state index contributed by atoms with van der Waals surface area (Å²) in [4.78, 5) is 17.6. The lowest BCUT2D eigenvalue weighted by molar-refractivity contribution is 0.317. The molecule has 1 saturated heterocycles. The Labute approximate surface area is 184 Å². The highest BCUT2D eigenvalue weighted by molar-refractivity contribution is 14.0. The SMILES string of the molecule is CCCOc1cccc(CNC(=NC)N2CCN(c3ncccn3)CC2)c1.I. The average Bonchev–Trinajstić information content (AvgIpc) is 2.74. The summed E-state index contributed by atoms with van der Waals surface area (Å²) < 4.78 is 5.71. The summed E-state index contributed by atoms with van der Waals surface area (Å²) in [7, 11) is 1.83. The van der Waals surface area contributed by atoms with Crippen molar-refractivity contribution in [2.45, 2.75) is 19.9 Å². The quantitative estimate of drug-likeness (QED) is 0.377. The van der Waals surface area contributed by atoms with Crippen molar-refractivity contribution in [3.05, 3.63) is 48.3 Å². The van der Waals surface area contributed by atoms with E-state index in [9.17, 15) is 0 Å². The lowest BCUT2D eigenvalue weighted by Crippen LogP contribution is -2.52. The van der Waals surface area contributed by atoms with E-state index < -0.39 is 0 Å². The molecule has 1 fully saturated rings. The van der Waals surface area contributed by atoms with Crippen molar-refractivity contribution in [3.8, 4) is 5.75 Å². The first-order valence-corrected chi connectivity index (χ1v) is 9.49. The van der Waals surface area contributed by atoms with Crippen molar-refractivity contribution in [1.82, 2.24) is 20.2 Å². The van der Waals surface area contributed by atoms with Gasteiger partial charge in [-0.1, -0.05) is 19.1 Å². The smallest absolute Gasteiger partial charge is 0.225 e. The van der Waals surface area contributed by atoms with E-state index >= 15 is 0 Å². The number of hydrogen-bond donors (Lipinski definition) is 1. The van der Waals surface area contributed by atoms with Gasteiger partial charge in [0.25, 0.3) is 0 Å². The Morgan fingerprint density at radius 1 is 1.14 bits per heavy atom. The molecule has 0 bridgehead atoms. The zero-order valence-electron chi connectivity index (χ0n) is 16.5. The summed E-state index contributed by atoms with van der Waals surface area (Å²) in [5.74, 6) is 2.63. The maximum absolute atomic E-state index is 5.71. The summed E-state index contributed by atoms with van der Waals surface area (Å²) in [5.41, 5.74) is 1.18. The molecule has 3 rings (SSSR count). The first kappa shape index (κ1) is 22.2. The van der Waals surface area contributed by atoms with Gasteiger partial charge >= 0.3 is 0 Å². The van der Waals surface area contributed by atoms with Crippen LogP contribution in [0.1, 0.15) is 18.9 Å². The van der Waals surface area contributed by atoms with E-state index in [2.05, 4.69) is 49.1 Å². The monoisotopic (exact) mass is 496 g/mol. The van der Waals surface area contributed by atoms with Crippen molar-refractivity contribution >= 4 is 35.9 Å². The number of nitrogens with zero attached hydrogens (tertiary/aromatic N) is 5. The topological polar surface area (TPSA) is 65.9 Å². The molecule has 152 valence electrons. The van der Waals surface area contributed by atoms with Crippen molar-refractivity contribution < 1.29 is 4.74 Å². The van der Waals surface area contributed by atoms with E-state index in [1.165, 1.54) is 5.56 Å². The van der Waals surface area contributed by atoms with Gasteiger partial charge < -0.3 is 19.9 Å². The number of halogens is 1. The molecule has 0 unspecified atom stereocenters. The van der Waals surface area contributed by atoms with Crippen LogP contribution in [0, 0.1) is 0 Å². The van der Waals surface area contributed by atoms with Gasteiger partial charge in [-0.2, -0.15) is 0 Å². The maximum atomic E-state index is 5.71. The average molecular weight is 496 g/mol. The largest absolute Gasteiger partial charge is 0.494 e. The molecular weight excluding hydrogens is 467 g/mol. The van der Waals surface area contributed by atoms with Crippen LogP contribution in [0.2, 0.25) is 0 Å². The van der Waals surface area contributed by atoms with Gasteiger partial charge in [0.05, 0.1) is 6.61 Å². The number of aliphatic imine (C=N–C) groups is 1. The molecule has 2 aromatic rings. The van der Waals surface area contributed by atoms with Crippen LogP contribution in [-0.4, -0.2) is 60.7 Å². The Hall–Kier alpha value is -2.10. The van der Waals surface area contributed by atoms with Gasteiger partial charge in [0, 0.05) is 52.2 Å². The lowest BCUT2D eigenvalue weighted by Gasteiger charge is -2.36. The third kappa shape index (κ3) is 6.22. The fraction of sp³-hybridized carbons (Fsp3) is 0.450. The first-order chi connectivity index (χ1) is 13.3. The van der Waals surface area contributed by atoms with E-state index in [4.69, 9.17) is 4.74 Å². The van der Waals surface area contributed by atoms with Crippen LogP contribution in [0.4, 0.5) is 5.95 Å². The third-order valence-corrected chi connectivity index (χ3v) is 4.45. The van der Waals surface area contributed by atoms with Crippen molar-refractivity contribution in [3.63, 3.8) is 0 Å². The van der Waals surface area contributed by atoms with Gasteiger partial charge in [0.1, 0.15) is 5.75 Å². The molecule has 2 heterocycles. The summed E-state index contributed by atoms with van der Waals surface area (Å²) in [6.07, 6.45) is 4.58. The summed E-state index contributed by atoms with van der Waals surface area (Å²) in [5, 5.41) is 3.46. The first-order valence-electron chi connectivity index (χ1n) is 9.49. The van der Waals surface area contributed by atoms with E-state index in [1.54, 1.807) is 12.4 Å². The third-order valence-electron chi connectivity index (χ3n) is 4.45. The molecule has 1 N–H and O–H groups in total. The summed E-state index contributed by atoms with van der Waals surface area (Å²) in [6, 6.07) is 10.1. The molecule has 28 heavy (non-hydrogen) atoms. The zero-order valence-corrected chi connectivity index (χ0v) is 18.9. The van der Waals surface area contributed by atoms with Crippen LogP contribution in [0.5, 0.6) is 5.75 Å². The molecule has 8 heteroatoms. The number of guanidine groups is 1. The Bertz CT molecular complexity index is 734. The molecule has 0 radical (unpaired) electrons. The van der Waals surface area contributed by atoms with Gasteiger partial charge in [-0.25, -0.2) is 9.97 Å². The highest BCUT2D eigenvalue weighted by atomic mass is 127. The molecule has 1 aliphatic heterocycles. The maximum Gasteiger partial charge on any atom is 0.225 e. The van der Waals surface area contributed by atoms with E-state index in [-0.39, 0.29) is 24.0 Å². The normalized spacial score (nSPS) is 14.4. The number of hydrogen-bond acceptors (Lipinski definition) is 5. The van der Waals surface area contributed by atoms with Crippen LogP contribution in [0.15, 0.2) is 47.7 Å². The Balaban J connectivity index is 0.00000280. The van der Waals surface area contributed by atoms with Gasteiger partial charge in [-0.3, -0.25) is 4.99 Å². The molecule has 0 amide bonds. The number of anilines is 1. The van der Waals surface area contributed by atoms with Crippen molar-refractivity contribution in [2.75, 3.05) is 44.7 Å². The highest BCUT2D eigenvalue weighted by Crippen LogP contribution is 2.14. The Morgan fingerprint density at radius 3 is 2.57 bits per heavy atom. The fourth-order valence-electron chi connectivity index (χ4n) is 3.05. The molecule has 0 atom stereocenters. The van der Waals surface area contributed by atoms with Gasteiger partial charge in [0.2, 0.25) is 5.95 Å². The molecule has 1 aromatic carbocycles. The second-order valence-electron chi connectivity index (χ2n) is 6.42. The van der Waals surface area contributed by atoms with Gasteiger partial charge in [-0.15, -0.1) is 24.0 Å². The molecule has 0 spiro atoms. The number of rotatable bonds is 6. The highest BCUT2D eigenvalue weighted by Gasteiger charge is 2.20. The summed E-state index contributed by atoms with van der Waals surface area (Å²) in [6.45, 7) is 7.11. The van der Waals surface area contributed by atoms with Crippen molar-refractivity contribution in [1.29, 1.82) is 0 Å². The number of benzene rings is 1. The molecule has 0 aliphatic carbocycles. The number of ether oxygens (including phenoxy) is 1. The van der Waals surface area contributed by atoms with Gasteiger partial charge in [0.15, 0.2) is 5.96 Å². The lowest BCUT2D eigenvalue weighted by atomic mass is 10.2. The predicted octanol–water partition coefficient (Wildman–Crippen LogP) is 2.78. The van der Waals surface area contributed by atoms with Gasteiger partial charge in [-0.05, 0) is 30.2 Å². The second-order valence-corrected chi connectivity index (χ2v) is 6.42. The van der Waals surface area contributed by atoms with Crippen molar-refractivity contribution in [2.24, 2.45) is 4.99 Å². The minimum Gasteiger partial charge on any atom is -0.494 e. The zero-order chi connectivity index (χ0) is 18.9. The van der Waals surface area contributed by atoms with Crippen LogP contribution < -0.4 is 15.0 Å². The molecule has 1 aliphatic rings. The molecule has 7 nitrogen and oxygen atoms in total. The Kier molecular flexibility index (Phi) is 9.26. The van der Waals surface area contributed by atoms with Crippen LogP contribution >= 0.6 is 24.0 Å². The van der Waals surface area contributed by atoms with E-state index in [1.807, 2.05) is 25.2 Å². The predicted molar refractivity (Wildman–Crippen MR) is 124 cm³/mol. The molecule has 1 aromatic heterocycles. The molecule has 0 saturated carbocycles. The van der Waals surface area contributed by atoms with Crippen LogP contribution in [-0.2, 0) is 6.54 Å². The minimum absolute atomic E-state index is 0. The van der Waals surface area contributed by atoms with E-state index in [0.29, 0.717) is 0 Å². The number of piperazine rings is 1. The standard InChI is InChI=1S/C20H28N6O.HI/c1-3-14-27-18-7-4-6-17(15-18)16-24-19(21-2)25-10-12-26(13-11-25)20-22-8-5-9-23-20;/h4-9,15H,3,10-14,16H2,1-2H3,(H,21,24);1H. The number of nitrogens with one attached hydrogen (secondary N) is 1. The summed E-state index contributed by atoms with van der Waals surface area (Å²) >= 11 is 0. The fourth-order valence-corrected chi connectivity index (χ4v) is 3.05.